The number of likely N-dealkylation sites (N-methyl/N-ethyl adjacent to an activating group) is 1. The summed E-state index contributed by atoms with van der Waals surface area (Å²) < 4.78 is 5.67. The molecule has 0 aliphatic carbocycles. The SMILES string of the molecule is CCN(CCC1CCCO1)C1CCNC1. The van der Waals surface area contributed by atoms with Crippen LogP contribution in [0.1, 0.15) is 32.6 Å². The summed E-state index contributed by atoms with van der Waals surface area (Å²) >= 11 is 0. The molecule has 0 saturated carbocycles. The van der Waals surface area contributed by atoms with E-state index in [4.69, 9.17) is 4.74 Å². The third-order valence-electron chi connectivity index (χ3n) is 3.72. The summed E-state index contributed by atoms with van der Waals surface area (Å²) in [6.45, 7) is 8.03. The number of ether oxygens (including phenoxy) is 1. The predicted octanol–water partition coefficient (Wildman–Crippen LogP) is 1.24. The van der Waals surface area contributed by atoms with Gasteiger partial charge in [0.1, 0.15) is 0 Å². The van der Waals surface area contributed by atoms with Crippen molar-refractivity contribution in [3.63, 3.8) is 0 Å². The zero-order valence-corrected chi connectivity index (χ0v) is 9.87. The molecule has 2 heterocycles. The van der Waals surface area contributed by atoms with E-state index in [1.54, 1.807) is 0 Å². The summed E-state index contributed by atoms with van der Waals surface area (Å²) in [7, 11) is 0. The first kappa shape index (κ1) is 11.4. The summed E-state index contributed by atoms with van der Waals surface area (Å²) in [5, 5.41) is 3.44. The molecule has 0 spiro atoms. The quantitative estimate of drug-likeness (QED) is 0.742. The fourth-order valence-electron chi connectivity index (χ4n) is 2.73. The van der Waals surface area contributed by atoms with Crippen LogP contribution >= 0.6 is 0 Å². The standard InChI is InChI=1S/C12H24N2O/c1-2-14(11-5-7-13-10-11)8-6-12-4-3-9-15-12/h11-13H,2-10H2,1H3. The van der Waals surface area contributed by atoms with E-state index in [-0.39, 0.29) is 0 Å². The number of hydrogen-bond donors (Lipinski definition) is 1. The van der Waals surface area contributed by atoms with E-state index < -0.39 is 0 Å². The van der Waals surface area contributed by atoms with Gasteiger partial charge in [0.15, 0.2) is 0 Å². The maximum absolute atomic E-state index is 5.67. The number of rotatable bonds is 5. The van der Waals surface area contributed by atoms with Gasteiger partial charge in [0, 0.05) is 25.7 Å². The minimum absolute atomic E-state index is 0.549. The molecule has 3 nitrogen and oxygen atoms in total. The fraction of sp³-hybridized carbons (Fsp3) is 1.00. The normalized spacial score (nSPS) is 31.6. The summed E-state index contributed by atoms with van der Waals surface area (Å²) in [4.78, 5) is 2.61. The highest BCUT2D eigenvalue weighted by atomic mass is 16.5. The van der Waals surface area contributed by atoms with E-state index in [1.165, 1.54) is 51.9 Å². The van der Waals surface area contributed by atoms with Crippen LogP contribution in [0.15, 0.2) is 0 Å². The molecule has 0 aromatic heterocycles. The summed E-state index contributed by atoms with van der Waals surface area (Å²) in [6.07, 6.45) is 5.64. The van der Waals surface area contributed by atoms with Crippen LogP contribution in [-0.2, 0) is 4.74 Å². The van der Waals surface area contributed by atoms with Gasteiger partial charge in [-0.05, 0) is 38.8 Å². The average Bonchev–Trinajstić information content (AvgIpc) is 2.90. The van der Waals surface area contributed by atoms with E-state index in [0.29, 0.717) is 6.10 Å². The lowest BCUT2D eigenvalue weighted by molar-refractivity contribution is 0.0868. The van der Waals surface area contributed by atoms with Crippen molar-refractivity contribution in [1.82, 2.24) is 10.2 Å². The zero-order valence-electron chi connectivity index (χ0n) is 9.87. The molecule has 2 aliphatic heterocycles. The maximum Gasteiger partial charge on any atom is 0.0588 e. The molecule has 2 rings (SSSR count). The predicted molar refractivity (Wildman–Crippen MR) is 62.1 cm³/mol. The molecule has 2 atom stereocenters. The third kappa shape index (κ3) is 3.16. The molecule has 2 saturated heterocycles. The lowest BCUT2D eigenvalue weighted by atomic mass is 10.1. The van der Waals surface area contributed by atoms with Crippen LogP contribution in [0, 0.1) is 0 Å². The molecule has 0 aromatic rings. The van der Waals surface area contributed by atoms with Gasteiger partial charge in [0.05, 0.1) is 6.10 Å². The molecule has 0 bridgehead atoms. The zero-order chi connectivity index (χ0) is 10.5. The molecule has 3 heteroatoms. The second-order valence-electron chi connectivity index (χ2n) is 4.70. The van der Waals surface area contributed by atoms with E-state index in [1.807, 2.05) is 0 Å². The minimum atomic E-state index is 0.549. The number of nitrogens with zero attached hydrogens (tertiary/aromatic N) is 1. The molecule has 1 N–H and O–H groups in total. The highest BCUT2D eigenvalue weighted by Crippen LogP contribution is 2.17. The smallest absolute Gasteiger partial charge is 0.0588 e. The van der Waals surface area contributed by atoms with Crippen molar-refractivity contribution in [2.75, 3.05) is 32.8 Å². The molecular formula is C12H24N2O. The maximum atomic E-state index is 5.67. The van der Waals surface area contributed by atoms with E-state index in [0.717, 1.165) is 12.6 Å². The van der Waals surface area contributed by atoms with Gasteiger partial charge in [-0.3, -0.25) is 4.90 Å². The third-order valence-corrected chi connectivity index (χ3v) is 3.72. The highest BCUT2D eigenvalue weighted by molar-refractivity contribution is 4.80. The first-order valence-corrected chi connectivity index (χ1v) is 6.46. The van der Waals surface area contributed by atoms with Crippen molar-refractivity contribution in [3.8, 4) is 0 Å². The molecule has 15 heavy (non-hydrogen) atoms. The van der Waals surface area contributed by atoms with Gasteiger partial charge in [-0.1, -0.05) is 6.92 Å². The van der Waals surface area contributed by atoms with Gasteiger partial charge >= 0.3 is 0 Å². The first-order valence-electron chi connectivity index (χ1n) is 6.46. The van der Waals surface area contributed by atoms with Crippen molar-refractivity contribution in [1.29, 1.82) is 0 Å². The summed E-state index contributed by atoms with van der Waals surface area (Å²) in [6, 6.07) is 0.774. The topological polar surface area (TPSA) is 24.5 Å². The molecule has 2 aliphatic rings. The van der Waals surface area contributed by atoms with Crippen LogP contribution in [-0.4, -0.2) is 49.8 Å². The Morgan fingerprint density at radius 3 is 2.93 bits per heavy atom. The van der Waals surface area contributed by atoms with Gasteiger partial charge in [0.25, 0.3) is 0 Å². The van der Waals surface area contributed by atoms with Gasteiger partial charge < -0.3 is 10.1 Å². The molecule has 0 aromatic carbocycles. The first-order chi connectivity index (χ1) is 7.40. The lowest BCUT2D eigenvalue weighted by Gasteiger charge is -2.27. The Labute approximate surface area is 93.2 Å². The van der Waals surface area contributed by atoms with Gasteiger partial charge in [-0.15, -0.1) is 0 Å². The molecule has 2 unspecified atom stereocenters. The Morgan fingerprint density at radius 2 is 2.33 bits per heavy atom. The van der Waals surface area contributed by atoms with Crippen LogP contribution in [0.25, 0.3) is 0 Å². The lowest BCUT2D eigenvalue weighted by Crippen LogP contribution is -2.38. The largest absolute Gasteiger partial charge is 0.378 e. The van der Waals surface area contributed by atoms with Crippen LogP contribution in [0.5, 0.6) is 0 Å². The van der Waals surface area contributed by atoms with Crippen LogP contribution in [0.4, 0.5) is 0 Å². The Bertz CT molecular complexity index is 174. The molecule has 0 amide bonds. The van der Waals surface area contributed by atoms with Gasteiger partial charge in [0.2, 0.25) is 0 Å². The van der Waals surface area contributed by atoms with Gasteiger partial charge in [-0.25, -0.2) is 0 Å². The van der Waals surface area contributed by atoms with E-state index in [2.05, 4.69) is 17.1 Å². The van der Waals surface area contributed by atoms with Crippen molar-refractivity contribution in [3.05, 3.63) is 0 Å². The molecule has 0 radical (unpaired) electrons. The van der Waals surface area contributed by atoms with Crippen molar-refractivity contribution >= 4 is 0 Å². The summed E-state index contributed by atoms with van der Waals surface area (Å²) in [5.74, 6) is 0. The average molecular weight is 212 g/mol. The van der Waals surface area contributed by atoms with E-state index >= 15 is 0 Å². The molecule has 88 valence electrons. The van der Waals surface area contributed by atoms with Crippen molar-refractivity contribution < 1.29 is 4.74 Å². The van der Waals surface area contributed by atoms with Crippen molar-refractivity contribution in [2.45, 2.75) is 44.8 Å². The number of hydrogen-bond acceptors (Lipinski definition) is 3. The molecular weight excluding hydrogens is 188 g/mol. The van der Waals surface area contributed by atoms with Gasteiger partial charge in [-0.2, -0.15) is 0 Å². The Balaban J connectivity index is 1.69. The van der Waals surface area contributed by atoms with Crippen LogP contribution in [0.2, 0.25) is 0 Å². The second-order valence-corrected chi connectivity index (χ2v) is 4.70. The second kappa shape index (κ2) is 5.83. The highest BCUT2D eigenvalue weighted by Gasteiger charge is 2.22. The summed E-state index contributed by atoms with van der Waals surface area (Å²) in [5.41, 5.74) is 0. The van der Waals surface area contributed by atoms with Crippen LogP contribution in [0.3, 0.4) is 0 Å². The Hall–Kier alpha value is -0.120. The number of nitrogens with one attached hydrogen (secondary N) is 1. The van der Waals surface area contributed by atoms with E-state index in [9.17, 15) is 0 Å². The Kier molecular flexibility index (Phi) is 4.42. The van der Waals surface area contributed by atoms with Crippen molar-refractivity contribution in [2.24, 2.45) is 0 Å². The minimum Gasteiger partial charge on any atom is -0.378 e. The Morgan fingerprint density at radius 1 is 1.40 bits per heavy atom. The molecule has 2 fully saturated rings. The fourth-order valence-corrected chi connectivity index (χ4v) is 2.73. The monoisotopic (exact) mass is 212 g/mol. The van der Waals surface area contributed by atoms with Crippen LogP contribution < -0.4 is 5.32 Å².